The third kappa shape index (κ3) is 2.08. The zero-order valence-electron chi connectivity index (χ0n) is 8.80. The Morgan fingerprint density at radius 3 is 2.29 bits per heavy atom. The molecule has 1 heterocycles. The molecular formula is C11H20N2O. The van der Waals surface area contributed by atoms with Gasteiger partial charge in [-0.15, -0.1) is 0 Å². The number of hydrogen-bond donors (Lipinski definition) is 1. The standard InChI is InChI=1S/C11H20N2O/c12-10(14)2-7-13-8-5-11(6-9-13)3-1-4-11/h1-9H2,(H2,12,14). The first kappa shape index (κ1) is 9.97. The van der Waals surface area contributed by atoms with E-state index in [1.54, 1.807) is 0 Å². The number of hydrogen-bond acceptors (Lipinski definition) is 2. The van der Waals surface area contributed by atoms with Crippen LogP contribution in [0.1, 0.15) is 38.5 Å². The van der Waals surface area contributed by atoms with E-state index in [1.165, 1.54) is 45.2 Å². The third-order valence-corrected chi connectivity index (χ3v) is 4.01. The van der Waals surface area contributed by atoms with Crippen molar-refractivity contribution < 1.29 is 4.79 Å². The number of likely N-dealkylation sites (tertiary alicyclic amines) is 1. The van der Waals surface area contributed by atoms with Gasteiger partial charge in [0.15, 0.2) is 0 Å². The summed E-state index contributed by atoms with van der Waals surface area (Å²) in [6, 6.07) is 0. The lowest BCUT2D eigenvalue weighted by Crippen LogP contribution is -2.44. The molecule has 0 aromatic carbocycles. The third-order valence-electron chi connectivity index (χ3n) is 4.01. The summed E-state index contributed by atoms with van der Waals surface area (Å²) in [5.41, 5.74) is 5.85. The highest BCUT2D eigenvalue weighted by molar-refractivity contribution is 5.73. The molecule has 1 aliphatic carbocycles. The SMILES string of the molecule is NC(=O)CCN1CCC2(CCC2)CC1. The Morgan fingerprint density at radius 1 is 1.21 bits per heavy atom. The first-order valence-corrected chi connectivity index (χ1v) is 5.71. The lowest BCUT2D eigenvalue weighted by Gasteiger charge is -2.48. The molecule has 0 radical (unpaired) electrons. The monoisotopic (exact) mass is 196 g/mol. The second-order valence-electron chi connectivity index (χ2n) is 4.91. The molecule has 14 heavy (non-hydrogen) atoms. The summed E-state index contributed by atoms with van der Waals surface area (Å²) in [6.45, 7) is 3.21. The largest absolute Gasteiger partial charge is 0.370 e. The quantitative estimate of drug-likeness (QED) is 0.735. The molecule has 0 aromatic rings. The fraction of sp³-hybridized carbons (Fsp3) is 0.909. The molecule has 0 atom stereocenters. The van der Waals surface area contributed by atoms with Crippen LogP contribution in [0.2, 0.25) is 0 Å². The fourth-order valence-electron chi connectivity index (χ4n) is 2.70. The fourth-order valence-corrected chi connectivity index (χ4v) is 2.70. The number of carbonyl (C=O) groups is 1. The molecule has 2 fully saturated rings. The zero-order chi connectivity index (χ0) is 10.0. The molecule has 1 saturated carbocycles. The van der Waals surface area contributed by atoms with Gasteiger partial charge in [0.25, 0.3) is 0 Å². The lowest BCUT2D eigenvalue weighted by atomic mass is 9.63. The predicted octanol–water partition coefficient (Wildman–Crippen LogP) is 1.13. The minimum absolute atomic E-state index is 0.172. The topological polar surface area (TPSA) is 46.3 Å². The highest BCUT2D eigenvalue weighted by Gasteiger charge is 2.39. The van der Waals surface area contributed by atoms with E-state index < -0.39 is 0 Å². The molecule has 0 bridgehead atoms. The van der Waals surface area contributed by atoms with E-state index in [-0.39, 0.29) is 5.91 Å². The maximum absolute atomic E-state index is 10.6. The number of primary amides is 1. The second kappa shape index (κ2) is 3.89. The summed E-state index contributed by atoms with van der Waals surface area (Å²) in [7, 11) is 0. The van der Waals surface area contributed by atoms with Crippen molar-refractivity contribution in [1.29, 1.82) is 0 Å². The molecule has 2 aliphatic rings. The molecule has 0 unspecified atom stereocenters. The van der Waals surface area contributed by atoms with Crippen LogP contribution in [0.15, 0.2) is 0 Å². The van der Waals surface area contributed by atoms with Gasteiger partial charge in [-0.3, -0.25) is 4.79 Å². The number of nitrogens with two attached hydrogens (primary N) is 1. The predicted molar refractivity (Wildman–Crippen MR) is 55.8 cm³/mol. The summed E-state index contributed by atoms with van der Waals surface area (Å²) in [5, 5.41) is 0. The number of rotatable bonds is 3. The lowest BCUT2D eigenvalue weighted by molar-refractivity contribution is -0.118. The van der Waals surface area contributed by atoms with Gasteiger partial charge in [0.2, 0.25) is 5.91 Å². The van der Waals surface area contributed by atoms with Crippen LogP contribution in [-0.2, 0) is 4.79 Å². The van der Waals surface area contributed by atoms with Gasteiger partial charge >= 0.3 is 0 Å². The number of carbonyl (C=O) groups excluding carboxylic acids is 1. The number of piperidine rings is 1. The van der Waals surface area contributed by atoms with Crippen LogP contribution in [0.3, 0.4) is 0 Å². The summed E-state index contributed by atoms with van der Waals surface area (Å²) >= 11 is 0. The van der Waals surface area contributed by atoms with Crippen LogP contribution < -0.4 is 5.73 Å². The second-order valence-corrected chi connectivity index (χ2v) is 4.91. The van der Waals surface area contributed by atoms with Gasteiger partial charge in [-0.1, -0.05) is 6.42 Å². The Morgan fingerprint density at radius 2 is 1.86 bits per heavy atom. The summed E-state index contributed by atoms with van der Waals surface area (Å²) in [4.78, 5) is 13.0. The molecular weight excluding hydrogens is 176 g/mol. The minimum atomic E-state index is -0.172. The summed E-state index contributed by atoms with van der Waals surface area (Å²) in [6.07, 6.45) is 7.51. The molecule has 1 spiro atoms. The highest BCUT2D eigenvalue weighted by Crippen LogP contribution is 2.48. The van der Waals surface area contributed by atoms with Crippen LogP contribution in [0.5, 0.6) is 0 Å². The Hall–Kier alpha value is -0.570. The van der Waals surface area contributed by atoms with Crippen LogP contribution in [0.4, 0.5) is 0 Å². The van der Waals surface area contributed by atoms with E-state index >= 15 is 0 Å². The van der Waals surface area contributed by atoms with Crippen LogP contribution in [0.25, 0.3) is 0 Å². The summed E-state index contributed by atoms with van der Waals surface area (Å²) < 4.78 is 0. The highest BCUT2D eigenvalue weighted by atomic mass is 16.1. The average Bonchev–Trinajstić information content (AvgIpc) is 2.13. The van der Waals surface area contributed by atoms with Gasteiger partial charge in [-0.25, -0.2) is 0 Å². The van der Waals surface area contributed by atoms with Gasteiger partial charge < -0.3 is 10.6 Å². The Labute approximate surface area is 85.6 Å². The van der Waals surface area contributed by atoms with E-state index in [1.807, 2.05) is 0 Å². The smallest absolute Gasteiger partial charge is 0.218 e. The van der Waals surface area contributed by atoms with Crippen molar-refractivity contribution in [2.45, 2.75) is 38.5 Å². The van der Waals surface area contributed by atoms with Gasteiger partial charge in [0, 0.05) is 13.0 Å². The van der Waals surface area contributed by atoms with E-state index in [0.29, 0.717) is 11.8 Å². The van der Waals surface area contributed by atoms with Crippen molar-refractivity contribution in [2.24, 2.45) is 11.1 Å². The van der Waals surface area contributed by atoms with Gasteiger partial charge in [0.05, 0.1) is 0 Å². The molecule has 3 nitrogen and oxygen atoms in total. The van der Waals surface area contributed by atoms with Crippen LogP contribution in [-0.4, -0.2) is 30.4 Å². The molecule has 1 aliphatic heterocycles. The zero-order valence-corrected chi connectivity index (χ0v) is 8.80. The van der Waals surface area contributed by atoms with Gasteiger partial charge in [-0.05, 0) is 44.2 Å². The Balaban J connectivity index is 1.70. The molecule has 80 valence electrons. The first-order chi connectivity index (χ1) is 6.70. The maximum Gasteiger partial charge on any atom is 0.218 e. The molecule has 2 rings (SSSR count). The van der Waals surface area contributed by atoms with E-state index in [4.69, 9.17) is 5.73 Å². The van der Waals surface area contributed by atoms with Crippen molar-refractivity contribution in [3.05, 3.63) is 0 Å². The Kier molecular flexibility index (Phi) is 2.77. The summed E-state index contributed by atoms with van der Waals surface area (Å²) in [5.74, 6) is -0.172. The number of nitrogens with zero attached hydrogens (tertiary/aromatic N) is 1. The van der Waals surface area contributed by atoms with Crippen molar-refractivity contribution in [1.82, 2.24) is 4.90 Å². The molecule has 1 saturated heterocycles. The normalized spacial score (nSPS) is 26.0. The van der Waals surface area contributed by atoms with Crippen molar-refractivity contribution in [3.63, 3.8) is 0 Å². The van der Waals surface area contributed by atoms with Crippen LogP contribution >= 0.6 is 0 Å². The molecule has 3 heteroatoms. The van der Waals surface area contributed by atoms with Crippen LogP contribution in [0, 0.1) is 5.41 Å². The number of amides is 1. The van der Waals surface area contributed by atoms with Gasteiger partial charge in [-0.2, -0.15) is 0 Å². The van der Waals surface area contributed by atoms with E-state index in [2.05, 4.69) is 4.90 Å². The van der Waals surface area contributed by atoms with Crippen molar-refractivity contribution in [3.8, 4) is 0 Å². The maximum atomic E-state index is 10.6. The van der Waals surface area contributed by atoms with Crippen molar-refractivity contribution in [2.75, 3.05) is 19.6 Å². The van der Waals surface area contributed by atoms with E-state index in [0.717, 1.165) is 6.54 Å². The molecule has 0 aromatic heterocycles. The van der Waals surface area contributed by atoms with Gasteiger partial charge in [0.1, 0.15) is 0 Å². The molecule has 1 amide bonds. The minimum Gasteiger partial charge on any atom is -0.370 e. The van der Waals surface area contributed by atoms with E-state index in [9.17, 15) is 4.79 Å². The van der Waals surface area contributed by atoms with Crippen molar-refractivity contribution >= 4 is 5.91 Å². The average molecular weight is 196 g/mol. The first-order valence-electron chi connectivity index (χ1n) is 5.71. The molecule has 2 N–H and O–H groups in total. The Bertz CT molecular complexity index is 213.